The van der Waals surface area contributed by atoms with Crippen molar-refractivity contribution in [2.45, 2.75) is 0 Å². The van der Waals surface area contributed by atoms with Crippen LogP contribution in [0.2, 0.25) is 0 Å². The zero-order chi connectivity index (χ0) is 10.7. The minimum absolute atomic E-state index is 0.0662. The van der Waals surface area contributed by atoms with E-state index in [0.717, 1.165) is 0 Å². The van der Waals surface area contributed by atoms with Crippen molar-refractivity contribution in [2.75, 3.05) is 0 Å². The molecule has 0 saturated heterocycles. The van der Waals surface area contributed by atoms with Gasteiger partial charge >= 0.3 is 0 Å². The van der Waals surface area contributed by atoms with Gasteiger partial charge < -0.3 is 4.74 Å². The molecule has 2 aromatic carbocycles. The van der Waals surface area contributed by atoms with E-state index < -0.39 is 11.6 Å². The lowest BCUT2D eigenvalue weighted by molar-refractivity contribution is 0.438. The zero-order valence-corrected chi connectivity index (χ0v) is 7.71. The SMILES string of the molecule is Fc1c[c]cc(Oc2ccccc2F)c1. The quantitative estimate of drug-likeness (QED) is 0.728. The van der Waals surface area contributed by atoms with Crippen molar-refractivity contribution in [3.8, 4) is 11.5 Å². The predicted molar refractivity (Wildman–Crippen MR) is 51.7 cm³/mol. The molecule has 0 heterocycles. The van der Waals surface area contributed by atoms with E-state index in [1.807, 2.05) is 0 Å². The first-order chi connectivity index (χ1) is 7.25. The van der Waals surface area contributed by atoms with Crippen LogP contribution in [0.3, 0.4) is 0 Å². The van der Waals surface area contributed by atoms with Crippen LogP contribution in [0.5, 0.6) is 11.5 Å². The Balaban J connectivity index is 2.26. The van der Waals surface area contributed by atoms with Crippen LogP contribution in [0.1, 0.15) is 0 Å². The maximum atomic E-state index is 13.1. The predicted octanol–water partition coefficient (Wildman–Crippen LogP) is 3.56. The van der Waals surface area contributed by atoms with Crippen LogP contribution in [-0.4, -0.2) is 0 Å². The highest BCUT2D eigenvalue weighted by Gasteiger charge is 2.03. The number of halogens is 2. The van der Waals surface area contributed by atoms with Gasteiger partial charge in [-0.3, -0.25) is 0 Å². The molecule has 0 atom stereocenters. The Kier molecular flexibility index (Phi) is 2.63. The molecular weight excluding hydrogens is 198 g/mol. The summed E-state index contributed by atoms with van der Waals surface area (Å²) in [4.78, 5) is 0. The van der Waals surface area contributed by atoms with E-state index in [1.165, 1.54) is 30.3 Å². The fourth-order valence-electron chi connectivity index (χ4n) is 1.14. The smallest absolute Gasteiger partial charge is 0.165 e. The molecular formula is C12H7F2O. The summed E-state index contributed by atoms with van der Waals surface area (Å²) in [5, 5.41) is 0. The van der Waals surface area contributed by atoms with Crippen molar-refractivity contribution >= 4 is 0 Å². The highest BCUT2D eigenvalue weighted by molar-refractivity contribution is 5.31. The van der Waals surface area contributed by atoms with Crippen molar-refractivity contribution < 1.29 is 13.5 Å². The van der Waals surface area contributed by atoms with Crippen molar-refractivity contribution in [1.82, 2.24) is 0 Å². The Hall–Kier alpha value is -1.90. The third kappa shape index (κ3) is 2.31. The van der Waals surface area contributed by atoms with E-state index >= 15 is 0 Å². The molecule has 0 aromatic heterocycles. The Morgan fingerprint density at radius 1 is 1.07 bits per heavy atom. The van der Waals surface area contributed by atoms with E-state index in [2.05, 4.69) is 6.07 Å². The number of rotatable bonds is 2. The molecule has 3 heteroatoms. The molecule has 0 aliphatic rings. The molecule has 0 fully saturated rings. The van der Waals surface area contributed by atoms with E-state index in [9.17, 15) is 8.78 Å². The minimum atomic E-state index is -0.484. The summed E-state index contributed by atoms with van der Waals surface area (Å²) >= 11 is 0. The first kappa shape index (κ1) is 9.65. The Labute approximate surface area is 85.9 Å². The van der Waals surface area contributed by atoms with Gasteiger partial charge in [-0.05, 0) is 30.3 Å². The number of ether oxygens (including phenoxy) is 1. The van der Waals surface area contributed by atoms with Crippen LogP contribution in [-0.2, 0) is 0 Å². The fourth-order valence-corrected chi connectivity index (χ4v) is 1.14. The minimum Gasteiger partial charge on any atom is -0.454 e. The summed E-state index contributed by atoms with van der Waals surface area (Å²) in [5.74, 6) is -0.665. The summed E-state index contributed by atoms with van der Waals surface area (Å²) in [6.07, 6.45) is 0. The van der Waals surface area contributed by atoms with E-state index in [4.69, 9.17) is 4.74 Å². The van der Waals surface area contributed by atoms with Crippen LogP contribution in [0.4, 0.5) is 8.78 Å². The maximum Gasteiger partial charge on any atom is 0.165 e. The van der Waals surface area contributed by atoms with Gasteiger partial charge in [0.15, 0.2) is 11.6 Å². The first-order valence-corrected chi connectivity index (χ1v) is 4.35. The van der Waals surface area contributed by atoms with Crippen molar-refractivity contribution in [3.63, 3.8) is 0 Å². The summed E-state index contributed by atoms with van der Waals surface area (Å²) in [5.41, 5.74) is 0. The van der Waals surface area contributed by atoms with Gasteiger partial charge in [0.05, 0.1) is 0 Å². The lowest BCUT2D eigenvalue weighted by Crippen LogP contribution is -1.88. The summed E-state index contributed by atoms with van der Waals surface area (Å²) in [6.45, 7) is 0. The van der Waals surface area contributed by atoms with Gasteiger partial charge in [-0.15, -0.1) is 0 Å². The Bertz CT molecular complexity index is 469. The lowest BCUT2D eigenvalue weighted by Gasteiger charge is -2.05. The standard InChI is InChI=1S/C12H7F2O/c13-9-4-3-5-10(8-9)15-12-7-2-1-6-11(12)14/h1-2,4-8H. The van der Waals surface area contributed by atoms with E-state index in [1.54, 1.807) is 12.1 Å². The largest absolute Gasteiger partial charge is 0.454 e. The number of hydrogen-bond acceptors (Lipinski definition) is 1. The second-order valence-corrected chi connectivity index (χ2v) is 2.92. The fraction of sp³-hybridized carbons (Fsp3) is 0. The normalized spacial score (nSPS) is 10.0. The lowest BCUT2D eigenvalue weighted by atomic mass is 10.3. The van der Waals surface area contributed by atoms with Crippen LogP contribution >= 0.6 is 0 Å². The topological polar surface area (TPSA) is 9.23 Å². The highest BCUT2D eigenvalue weighted by atomic mass is 19.1. The van der Waals surface area contributed by atoms with Gasteiger partial charge in [0.1, 0.15) is 11.6 Å². The van der Waals surface area contributed by atoms with Crippen molar-refractivity contribution in [1.29, 1.82) is 0 Å². The second-order valence-electron chi connectivity index (χ2n) is 2.92. The third-order valence-electron chi connectivity index (χ3n) is 1.79. The van der Waals surface area contributed by atoms with Gasteiger partial charge in [0.25, 0.3) is 0 Å². The monoisotopic (exact) mass is 205 g/mol. The van der Waals surface area contributed by atoms with Crippen LogP contribution < -0.4 is 4.74 Å². The maximum absolute atomic E-state index is 13.1. The second kappa shape index (κ2) is 4.09. The Morgan fingerprint density at radius 2 is 1.87 bits per heavy atom. The number of benzene rings is 2. The number of hydrogen-bond donors (Lipinski definition) is 0. The molecule has 2 rings (SSSR count). The Morgan fingerprint density at radius 3 is 2.60 bits per heavy atom. The van der Waals surface area contributed by atoms with Gasteiger partial charge in [-0.25, -0.2) is 8.78 Å². The summed E-state index contributed by atoms with van der Waals surface area (Å²) in [6, 6.07) is 12.3. The average Bonchev–Trinajstić information content (AvgIpc) is 2.22. The molecule has 0 amide bonds. The zero-order valence-electron chi connectivity index (χ0n) is 7.71. The molecule has 0 N–H and O–H groups in total. The summed E-state index contributed by atoms with van der Waals surface area (Å²) < 4.78 is 31.1. The molecule has 1 nitrogen and oxygen atoms in total. The average molecular weight is 205 g/mol. The van der Waals surface area contributed by atoms with Crippen molar-refractivity contribution in [3.05, 3.63) is 60.2 Å². The number of para-hydroxylation sites is 1. The molecule has 0 unspecified atom stereocenters. The van der Waals surface area contributed by atoms with Gasteiger partial charge in [0.2, 0.25) is 0 Å². The first-order valence-electron chi connectivity index (χ1n) is 4.35. The van der Waals surface area contributed by atoms with E-state index in [-0.39, 0.29) is 11.5 Å². The summed E-state index contributed by atoms with van der Waals surface area (Å²) in [7, 11) is 0. The van der Waals surface area contributed by atoms with Crippen LogP contribution in [0, 0.1) is 17.7 Å². The molecule has 75 valence electrons. The van der Waals surface area contributed by atoms with Crippen LogP contribution in [0.15, 0.2) is 42.5 Å². The molecule has 0 bridgehead atoms. The molecule has 0 spiro atoms. The van der Waals surface area contributed by atoms with Gasteiger partial charge in [-0.2, -0.15) is 0 Å². The molecule has 0 aliphatic carbocycles. The van der Waals surface area contributed by atoms with Gasteiger partial charge in [0, 0.05) is 6.07 Å². The van der Waals surface area contributed by atoms with Crippen LogP contribution in [0.25, 0.3) is 0 Å². The van der Waals surface area contributed by atoms with E-state index in [0.29, 0.717) is 0 Å². The molecule has 0 saturated carbocycles. The highest BCUT2D eigenvalue weighted by Crippen LogP contribution is 2.23. The van der Waals surface area contributed by atoms with Gasteiger partial charge in [-0.1, -0.05) is 12.1 Å². The third-order valence-corrected chi connectivity index (χ3v) is 1.79. The molecule has 2 aromatic rings. The molecule has 15 heavy (non-hydrogen) atoms. The molecule has 0 aliphatic heterocycles. The van der Waals surface area contributed by atoms with Crippen molar-refractivity contribution in [2.24, 2.45) is 0 Å². The molecule has 1 radical (unpaired) electrons.